The van der Waals surface area contributed by atoms with Crippen LogP contribution in [0.4, 0.5) is 0 Å². The SMILES string of the molecule is c1ccc(-n2c3ccc(-c4cccc(-n5c6ccccc6c6cc(-n7c8ccccc8c8ccccc87)ccc65)c4)cc3c3cccnc32)cc1. The molecule has 7 aromatic carbocycles. The van der Waals surface area contributed by atoms with E-state index in [1.807, 2.05) is 12.3 Å². The van der Waals surface area contributed by atoms with E-state index < -0.39 is 0 Å². The van der Waals surface area contributed by atoms with Crippen molar-refractivity contribution in [1.29, 1.82) is 0 Å². The minimum absolute atomic E-state index is 0.968. The highest BCUT2D eigenvalue weighted by atomic mass is 15.0. The van der Waals surface area contributed by atoms with E-state index >= 15 is 0 Å². The van der Waals surface area contributed by atoms with Crippen molar-refractivity contribution in [3.8, 4) is 28.2 Å². The minimum atomic E-state index is 0.968. The lowest BCUT2D eigenvalue weighted by Gasteiger charge is -2.12. The van der Waals surface area contributed by atoms with Crippen molar-refractivity contribution in [2.45, 2.75) is 0 Å². The van der Waals surface area contributed by atoms with E-state index in [9.17, 15) is 0 Å². The lowest BCUT2D eigenvalue weighted by Crippen LogP contribution is -1.96. The van der Waals surface area contributed by atoms with Crippen molar-refractivity contribution < 1.29 is 0 Å². The van der Waals surface area contributed by atoms with Crippen molar-refractivity contribution in [3.63, 3.8) is 0 Å². The number of fused-ring (bicyclic) bond motifs is 9. The Kier molecular flexibility index (Phi) is 5.92. The highest BCUT2D eigenvalue weighted by Crippen LogP contribution is 2.38. The van der Waals surface area contributed by atoms with E-state index in [-0.39, 0.29) is 0 Å². The molecular weight excluding hydrogens is 621 g/mol. The van der Waals surface area contributed by atoms with Gasteiger partial charge in [-0.3, -0.25) is 4.57 Å². The molecule has 4 aromatic heterocycles. The van der Waals surface area contributed by atoms with Gasteiger partial charge in [-0.05, 0) is 96.1 Å². The second kappa shape index (κ2) is 10.8. The summed E-state index contributed by atoms with van der Waals surface area (Å²) in [7, 11) is 0. The first kappa shape index (κ1) is 28.0. The fourth-order valence-corrected chi connectivity index (χ4v) is 8.27. The van der Waals surface area contributed by atoms with Crippen LogP contribution in [0.2, 0.25) is 0 Å². The molecule has 238 valence electrons. The molecule has 0 N–H and O–H groups in total. The van der Waals surface area contributed by atoms with Gasteiger partial charge < -0.3 is 9.13 Å². The molecule has 0 amide bonds. The van der Waals surface area contributed by atoms with E-state index in [1.54, 1.807) is 0 Å². The first-order chi connectivity index (χ1) is 25.3. The van der Waals surface area contributed by atoms with Gasteiger partial charge in [-0.2, -0.15) is 0 Å². The van der Waals surface area contributed by atoms with Crippen molar-refractivity contribution in [3.05, 3.63) is 182 Å². The van der Waals surface area contributed by atoms with Gasteiger partial charge in [0.2, 0.25) is 0 Å². The summed E-state index contributed by atoms with van der Waals surface area (Å²) >= 11 is 0. The maximum absolute atomic E-state index is 4.81. The van der Waals surface area contributed by atoms with Gasteiger partial charge in [0.05, 0.1) is 27.6 Å². The fraction of sp³-hybridized carbons (Fsp3) is 0. The summed E-state index contributed by atoms with van der Waals surface area (Å²) in [6, 6.07) is 63.5. The summed E-state index contributed by atoms with van der Waals surface area (Å²) in [6.07, 6.45) is 1.88. The van der Waals surface area contributed by atoms with Crippen LogP contribution in [-0.2, 0) is 0 Å². The molecule has 0 spiro atoms. The molecule has 4 heterocycles. The summed E-state index contributed by atoms with van der Waals surface area (Å²) in [5, 5.41) is 7.36. The third kappa shape index (κ3) is 4.11. The van der Waals surface area contributed by atoms with Gasteiger partial charge in [0.25, 0.3) is 0 Å². The lowest BCUT2D eigenvalue weighted by atomic mass is 10.0. The number of hydrogen-bond acceptors (Lipinski definition) is 1. The number of para-hydroxylation sites is 4. The maximum Gasteiger partial charge on any atom is 0.145 e. The first-order valence-electron chi connectivity index (χ1n) is 17.4. The van der Waals surface area contributed by atoms with E-state index in [1.165, 1.54) is 60.1 Å². The first-order valence-corrected chi connectivity index (χ1v) is 17.4. The van der Waals surface area contributed by atoms with Gasteiger partial charge in [-0.15, -0.1) is 0 Å². The molecule has 51 heavy (non-hydrogen) atoms. The number of rotatable bonds is 4. The number of benzene rings is 7. The average Bonchev–Trinajstić information content (AvgIpc) is 3.83. The highest BCUT2D eigenvalue weighted by Gasteiger charge is 2.18. The van der Waals surface area contributed by atoms with Gasteiger partial charge in [0.15, 0.2) is 0 Å². The molecule has 11 rings (SSSR count). The van der Waals surface area contributed by atoms with Crippen molar-refractivity contribution in [2.75, 3.05) is 0 Å². The Hall–Kier alpha value is -6.91. The van der Waals surface area contributed by atoms with Gasteiger partial charge in [-0.1, -0.05) is 91.0 Å². The predicted octanol–water partition coefficient (Wildman–Crippen LogP) is 12.0. The summed E-state index contributed by atoms with van der Waals surface area (Å²) in [5.74, 6) is 0. The fourth-order valence-electron chi connectivity index (χ4n) is 8.27. The Bertz CT molecular complexity index is 3090. The standard InChI is InChI=1S/C47H30N4/c1-2-13-33(14-3-1)51-46-25-23-32(29-40(46)39-19-11-27-48-47(39)51)31-12-10-15-34(28-31)49-44-22-9-6-18-38(44)41-30-35(24-26-45(41)49)50-42-20-7-4-16-36(42)37-17-5-8-21-43(37)50/h1-30H. The molecule has 0 bridgehead atoms. The molecule has 11 aromatic rings. The van der Waals surface area contributed by atoms with Crippen LogP contribution < -0.4 is 0 Å². The Morgan fingerprint density at radius 3 is 1.53 bits per heavy atom. The van der Waals surface area contributed by atoms with Gasteiger partial charge in [0.1, 0.15) is 5.65 Å². The third-order valence-corrected chi connectivity index (χ3v) is 10.5. The zero-order chi connectivity index (χ0) is 33.5. The molecule has 0 aliphatic heterocycles. The van der Waals surface area contributed by atoms with E-state index in [4.69, 9.17) is 4.98 Å². The Labute approximate surface area is 293 Å². The third-order valence-electron chi connectivity index (χ3n) is 10.5. The van der Waals surface area contributed by atoms with Crippen molar-refractivity contribution in [1.82, 2.24) is 18.7 Å². The van der Waals surface area contributed by atoms with Gasteiger partial charge in [0, 0.05) is 55.6 Å². The van der Waals surface area contributed by atoms with Crippen molar-refractivity contribution in [2.24, 2.45) is 0 Å². The van der Waals surface area contributed by atoms with Gasteiger partial charge in [-0.25, -0.2) is 4.98 Å². The molecule has 4 heteroatoms. The van der Waals surface area contributed by atoms with E-state index in [0.717, 1.165) is 33.6 Å². The molecule has 0 saturated carbocycles. The van der Waals surface area contributed by atoms with Crippen LogP contribution >= 0.6 is 0 Å². The topological polar surface area (TPSA) is 27.7 Å². The summed E-state index contributed by atoms with van der Waals surface area (Å²) in [6.45, 7) is 0. The number of hydrogen-bond donors (Lipinski definition) is 0. The molecule has 0 saturated heterocycles. The summed E-state index contributed by atoms with van der Waals surface area (Å²) in [4.78, 5) is 4.81. The predicted molar refractivity (Wildman–Crippen MR) is 213 cm³/mol. The summed E-state index contributed by atoms with van der Waals surface area (Å²) < 4.78 is 7.07. The van der Waals surface area contributed by atoms with Crippen LogP contribution in [0.5, 0.6) is 0 Å². The number of aromatic nitrogens is 4. The smallest absolute Gasteiger partial charge is 0.145 e. The summed E-state index contributed by atoms with van der Waals surface area (Å²) in [5.41, 5.74) is 12.7. The molecule has 0 radical (unpaired) electrons. The zero-order valence-electron chi connectivity index (χ0n) is 27.6. The molecule has 0 unspecified atom stereocenters. The largest absolute Gasteiger partial charge is 0.309 e. The number of pyridine rings is 1. The maximum atomic E-state index is 4.81. The lowest BCUT2D eigenvalue weighted by molar-refractivity contribution is 1.14. The van der Waals surface area contributed by atoms with Crippen LogP contribution in [0.3, 0.4) is 0 Å². The second-order valence-corrected chi connectivity index (χ2v) is 13.3. The van der Waals surface area contributed by atoms with Crippen molar-refractivity contribution >= 4 is 65.5 Å². The molecule has 0 aliphatic carbocycles. The monoisotopic (exact) mass is 650 g/mol. The molecule has 0 atom stereocenters. The quantitative estimate of drug-likeness (QED) is 0.186. The second-order valence-electron chi connectivity index (χ2n) is 13.3. The van der Waals surface area contributed by atoms with Crippen LogP contribution in [0.25, 0.3) is 93.7 Å². The molecular formula is C47H30N4. The van der Waals surface area contributed by atoms with E-state index in [2.05, 4.69) is 184 Å². The molecule has 0 aliphatic rings. The van der Waals surface area contributed by atoms with Gasteiger partial charge >= 0.3 is 0 Å². The van der Waals surface area contributed by atoms with Crippen LogP contribution in [-0.4, -0.2) is 18.7 Å². The van der Waals surface area contributed by atoms with Crippen LogP contribution in [0, 0.1) is 0 Å². The molecule has 4 nitrogen and oxygen atoms in total. The Balaban J connectivity index is 1.09. The normalized spacial score (nSPS) is 11.9. The minimum Gasteiger partial charge on any atom is -0.309 e. The van der Waals surface area contributed by atoms with E-state index in [0.29, 0.717) is 0 Å². The van der Waals surface area contributed by atoms with Crippen LogP contribution in [0.1, 0.15) is 0 Å². The molecule has 0 fully saturated rings. The highest BCUT2D eigenvalue weighted by molar-refractivity contribution is 6.13. The Morgan fingerprint density at radius 1 is 0.294 bits per heavy atom. The zero-order valence-corrected chi connectivity index (χ0v) is 27.6. The average molecular weight is 651 g/mol. The number of nitrogens with zero attached hydrogens (tertiary/aromatic N) is 4. The van der Waals surface area contributed by atoms with Crippen LogP contribution in [0.15, 0.2) is 182 Å². The Morgan fingerprint density at radius 2 is 0.804 bits per heavy atom.